The highest BCUT2D eigenvalue weighted by Crippen LogP contribution is 2.42. The van der Waals surface area contributed by atoms with E-state index in [1.807, 2.05) is 48.5 Å². The Hall–Kier alpha value is -4.63. The van der Waals surface area contributed by atoms with Gasteiger partial charge in [0.2, 0.25) is 0 Å². The molecule has 2 aliphatic rings. The third kappa shape index (κ3) is 4.82. The first-order valence-corrected chi connectivity index (χ1v) is 14.0. The molecule has 1 unspecified atom stereocenters. The minimum Gasteiger partial charge on any atom is -0.493 e. The van der Waals surface area contributed by atoms with E-state index in [1.54, 1.807) is 30.9 Å². The zero-order valence-electron chi connectivity index (χ0n) is 22.9. The lowest BCUT2D eigenvalue weighted by atomic mass is 9.83. The maximum Gasteiger partial charge on any atom is 0.343 e. The molecule has 0 bridgehead atoms. The molecule has 9 heteroatoms. The molecule has 0 N–H and O–H groups in total. The molecule has 1 aliphatic heterocycles. The molecule has 0 saturated carbocycles. The van der Waals surface area contributed by atoms with Crippen LogP contribution in [0.1, 0.15) is 34.7 Å². The third-order valence-electron chi connectivity index (χ3n) is 7.38. The van der Waals surface area contributed by atoms with Gasteiger partial charge in [0, 0.05) is 11.1 Å². The summed E-state index contributed by atoms with van der Waals surface area (Å²) in [6.45, 7) is -0.228. The number of hydrogen-bond acceptors (Lipinski definition) is 8. The van der Waals surface area contributed by atoms with Crippen LogP contribution >= 0.6 is 11.3 Å². The highest BCUT2D eigenvalue weighted by Gasteiger charge is 2.33. The minimum atomic E-state index is -0.486. The Kier molecular flexibility index (Phi) is 7.19. The molecule has 0 radical (unpaired) electrons. The van der Waals surface area contributed by atoms with Gasteiger partial charge in [-0.25, -0.2) is 9.79 Å². The fraction of sp³-hybridized carbons (Fsp3) is 0.219. The van der Waals surface area contributed by atoms with Crippen LogP contribution < -0.4 is 29.1 Å². The van der Waals surface area contributed by atoms with Gasteiger partial charge in [0.05, 0.1) is 37.6 Å². The zero-order valence-corrected chi connectivity index (χ0v) is 23.7. The number of fused-ring (bicyclic) bond motifs is 3. The normalized spacial score (nSPS) is 15.8. The topological polar surface area (TPSA) is 88.4 Å². The lowest BCUT2D eigenvalue weighted by Gasteiger charge is -2.31. The lowest BCUT2D eigenvalue weighted by molar-refractivity contribution is -0.142. The SMILES string of the molecule is COC(=O)COc1ccccc1C=c1sc2n(c1=O)C(c1ccc(OC)c(OC)c1)C1=C(N=2)c2ccccc2CC1. The molecule has 41 heavy (non-hydrogen) atoms. The molecule has 2 heterocycles. The Morgan fingerprint density at radius 2 is 1.76 bits per heavy atom. The van der Waals surface area contributed by atoms with Gasteiger partial charge < -0.3 is 18.9 Å². The van der Waals surface area contributed by atoms with Gasteiger partial charge in [0.1, 0.15) is 5.75 Å². The summed E-state index contributed by atoms with van der Waals surface area (Å²) in [7, 11) is 4.52. The minimum absolute atomic E-state index is 0.151. The summed E-state index contributed by atoms with van der Waals surface area (Å²) in [4.78, 5) is 31.5. The van der Waals surface area contributed by atoms with Crippen LogP contribution in [-0.4, -0.2) is 38.5 Å². The predicted molar refractivity (Wildman–Crippen MR) is 156 cm³/mol. The molecule has 0 spiro atoms. The van der Waals surface area contributed by atoms with Crippen molar-refractivity contribution in [1.29, 1.82) is 0 Å². The highest BCUT2D eigenvalue weighted by molar-refractivity contribution is 7.07. The Labute approximate surface area is 240 Å². The molecule has 6 rings (SSSR count). The second-order valence-electron chi connectivity index (χ2n) is 9.63. The fourth-order valence-electron chi connectivity index (χ4n) is 5.41. The van der Waals surface area contributed by atoms with E-state index in [9.17, 15) is 9.59 Å². The van der Waals surface area contributed by atoms with Crippen molar-refractivity contribution in [3.63, 3.8) is 0 Å². The van der Waals surface area contributed by atoms with Gasteiger partial charge >= 0.3 is 5.97 Å². The lowest BCUT2D eigenvalue weighted by Crippen LogP contribution is -2.38. The molecule has 1 aliphatic carbocycles. The third-order valence-corrected chi connectivity index (χ3v) is 8.36. The van der Waals surface area contributed by atoms with E-state index in [1.165, 1.54) is 24.0 Å². The van der Waals surface area contributed by atoms with Crippen molar-refractivity contribution in [2.75, 3.05) is 27.9 Å². The van der Waals surface area contributed by atoms with Crippen LogP contribution in [0.2, 0.25) is 0 Å². The zero-order chi connectivity index (χ0) is 28.5. The van der Waals surface area contributed by atoms with Crippen molar-refractivity contribution in [2.45, 2.75) is 18.9 Å². The summed E-state index contributed by atoms with van der Waals surface area (Å²) in [5.74, 6) is 1.21. The summed E-state index contributed by atoms with van der Waals surface area (Å²) in [6.07, 6.45) is 3.44. The molecule has 1 aromatic heterocycles. The highest BCUT2D eigenvalue weighted by atomic mass is 32.1. The van der Waals surface area contributed by atoms with E-state index in [0.29, 0.717) is 32.1 Å². The van der Waals surface area contributed by atoms with Gasteiger partial charge in [-0.05, 0) is 53.8 Å². The maximum atomic E-state index is 14.1. The fourth-order valence-corrected chi connectivity index (χ4v) is 6.41. The number of nitrogens with zero attached hydrogens (tertiary/aromatic N) is 2. The number of allylic oxidation sites excluding steroid dienone is 1. The molecule has 1 atom stereocenters. The van der Waals surface area contributed by atoms with Gasteiger partial charge in [-0.1, -0.05) is 59.9 Å². The standard InChI is InChI=1S/C32H28N2O6S/c1-37-25-15-13-21(16-26(25)38-2)30-23-14-12-19-8-4-6-10-22(19)29(23)33-32-34(30)31(36)27(41-32)17-20-9-5-7-11-24(20)40-18-28(35)39-3/h4-11,13,15-17,30H,12,14,18H2,1-3H3. The number of carbonyl (C=O) groups is 1. The largest absolute Gasteiger partial charge is 0.493 e. The van der Waals surface area contributed by atoms with E-state index in [4.69, 9.17) is 23.9 Å². The number of hydrogen-bond donors (Lipinski definition) is 0. The van der Waals surface area contributed by atoms with Crippen LogP contribution in [0.5, 0.6) is 17.2 Å². The number of methoxy groups -OCH3 is 3. The molecule has 8 nitrogen and oxygen atoms in total. The van der Waals surface area contributed by atoms with Gasteiger partial charge in [-0.2, -0.15) is 0 Å². The number of para-hydroxylation sites is 1. The number of benzene rings is 3. The summed E-state index contributed by atoms with van der Waals surface area (Å²) >= 11 is 1.33. The van der Waals surface area contributed by atoms with Gasteiger partial charge in [0.15, 0.2) is 22.9 Å². The summed E-state index contributed by atoms with van der Waals surface area (Å²) < 4.78 is 23.8. The Morgan fingerprint density at radius 1 is 0.976 bits per heavy atom. The number of esters is 1. The molecule has 3 aromatic carbocycles. The number of carbonyl (C=O) groups excluding carboxylic acids is 1. The van der Waals surface area contributed by atoms with Crippen molar-refractivity contribution in [3.8, 4) is 17.2 Å². The molecule has 208 valence electrons. The first-order chi connectivity index (χ1) is 20.0. The average molecular weight is 569 g/mol. The first kappa shape index (κ1) is 26.6. The van der Waals surface area contributed by atoms with Crippen molar-refractivity contribution >= 4 is 29.1 Å². The second kappa shape index (κ2) is 11.1. The second-order valence-corrected chi connectivity index (χ2v) is 10.6. The van der Waals surface area contributed by atoms with Crippen molar-refractivity contribution in [1.82, 2.24) is 4.57 Å². The molecule has 0 saturated heterocycles. The predicted octanol–water partition coefficient (Wildman–Crippen LogP) is 3.89. The van der Waals surface area contributed by atoms with Crippen LogP contribution in [0.25, 0.3) is 11.8 Å². The van der Waals surface area contributed by atoms with E-state index < -0.39 is 5.97 Å². The molecular formula is C32H28N2O6S. The Morgan fingerprint density at radius 3 is 2.56 bits per heavy atom. The quantitative estimate of drug-likeness (QED) is 0.315. The smallest absolute Gasteiger partial charge is 0.343 e. The van der Waals surface area contributed by atoms with Gasteiger partial charge in [0.25, 0.3) is 5.56 Å². The van der Waals surface area contributed by atoms with Gasteiger partial charge in [-0.15, -0.1) is 0 Å². The van der Waals surface area contributed by atoms with E-state index >= 15 is 0 Å². The van der Waals surface area contributed by atoms with E-state index in [2.05, 4.69) is 12.1 Å². The summed E-state index contributed by atoms with van der Waals surface area (Å²) in [5, 5.41) is 0. The number of ether oxygens (including phenoxy) is 4. The molecule has 0 amide bonds. The van der Waals surface area contributed by atoms with Gasteiger partial charge in [-0.3, -0.25) is 9.36 Å². The first-order valence-electron chi connectivity index (χ1n) is 13.2. The summed E-state index contributed by atoms with van der Waals surface area (Å²) in [5.41, 5.74) is 5.80. The number of aryl methyl sites for hydroxylation is 1. The van der Waals surface area contributed by atoms with Crippen LogP contribution in [0.4, 0.5) is 0 Å². The van der Waals surface area contributed by atoms with Crippen LogP contribution in [0.15, 0.2) is 82.1 Å². The van der Waals surface area contributed by atoms with E-state index in [0.717, 1.165) is 35.2 Å². The number of rotatable bonds is 7. The van der Waals surface area contributed by atoms with Crippen molar-refractivity contribution in [3.05, 3.63) is 114 Å². The average Bonchev–Trinajstić information content (AvgIpc) is 3.32. The maximum absolute atomic E-state index is 14.1. The van der Waals surface area contributed by atoms with Crippen molar-refractivity contribution < 1.29 is 23.7 Å². The van der Waals surface area contributed by atoms with Crippen LogP contribution in [-0.2, 0) is 16.0 Å². The van der Waals surface area contributed by atoms with E-state index in [-0.39, 0.29) is 18.2 Å². The monoisotopic (exact) mass is 568 g/mol. The van der Waals surface area contributed by atoms with Crippen LogP contribution in [0.3, 0.4) is 0 Å². The Balaban J connectivity index is 1.55. The molecular weight excluding hydrogens is 540 g/mol. The molecule has 4 aromatic rings. The number of aromatic nitrogens is 1. The van der Waals surface area contributed by atoms with Crippen LogP contribution in [0, 0.1) is 0 Å². The summed E-state index contributed by atoms with van der Waals surface area (Å²) in [6, 6.07) is 21.0. The molecule has 0 fully saturated rings. The Bertz CT molecular complexity index is 1870. The van der Waals surface area contributed by atoms with Crippen molar-refractivity contribution in [2.24, 2.45) is 4.99 Å². The number of thiazole rings is 1.